The lowest BCUT2D eigenvalue weighted by Gasteiger charge is -1.85. The zero-order valence-electron chi connectivity index (χ0n) is 7.65. The first-order valence-electron chi connectivity index (χ1n) is 4.03. The van der Waals surface area contributed by atoms with Gasteiger partial charge in [-0.15, -0.1) is 22.7 Å². The normalized spacial score (nSPS) is 10.5. The van der Waals surface area contributed by atoms with Crippen molar-refractivity contribution in [2.24, 2.45) is 0 Å². The molecular weight excluding hydrogens is 254 g/mol. The van der Waals surface area contributed by atoms with Crippen LogP contribution in [0.5, 0.6) is 0 Å². The number of rotatable bonds is 2. The molecule has 6 heteroatoms. The minimum absolute atomic E-state index is 0.287. The smallest absolute Gasteiger partial charge is 0.347 e. The van der Waals surface area contributed by atoms with Crippen molar-refractivity contribution in [2.45, 2.75) is 6.92 Å². The van der Waals surface area contributed by atoms with Crippen LogP contribution in [0.25, 0.3) is 9.88 Å². The molecule has 0 aromatic carbocycles. The summed E-state index contributed by atoms with van der Waals surface area (Å²) in [6, 6.07) is 1.79. The van der Waals surface area contributed by atoms with Gasteiger partial charge in [-0.25, -0.2) is 9.78 Å². The SMILES string of the molecule is Cc1nc(-c2cc(Cl)cs2)sc1C(=O)O. The molecule has 0 amide bonds. The van der Waals surface area contributed by atoms with Gasteiger partial charge in [-0.05, 0) is 13.0 Å². The average molecular weight is 260 g/mol. The molecule has 78 valence electrons. The van der Waals surface area contributed by atoms with Crippen molar-refractivity contribution in [3.05, 3.63) is 27.0 Å². The van der Waals surface area contributed by atoms with Crippen LogP contribution >= 0.6 is 34.3 Å². The van der Waals surface area contributed by atoms with Crippen LogP contribution in [0.1, 0.15) is 15.4 Å². The van der Waals surface area contributed by atoms with E-state index < -0.39 is 5.97 Å². The van der Waals surface area contributed by atoms with Crippen LogP contribution in [0.4, 0.5) is 0 Å². The molecule has 2 heterocycles. The zero-order valence-corrected chi connectivity index (χ0v) is 10.0. The molecule has 0 unspecified atom stereocenters. The Morgan fingerprint density at radius 2 is 2.33 bits per heavy atom. The highest BCUT2D eigenvalue weighted by Crippen LogP contribution is 2.33. The molecule has 1 N–H and O–H groups in total. The first-order chi connectivity index (χ1) is 7.08. The van der Waals surface area contributed by atoms with E-state index in [0.29, 0.717) is 15.7 Å². The third kappa shape index (κ3) is 2.04. The molecule has 15 heavy (non-hydrogen) atoms. The molecule has 2 aromatic rings. The van der Waals surface area contributed by atoms with E-state index in [4.69, 9.17) is 16.7 Å². The molecule has 3 nitrogen and oxygen atoms in total. The third-order valence-electron chi connectivity index (χ3n) is 1.77. The molecule has 0 atom stereocenters. The zero-order chi connectivity index (χ0) is 11.0. The number of halogens is 1. The van der Waals surface area contributed by atoms with Gasteiger partial charge < -0.3 is 5.11 Å². The maximum Gasteiger partial charge on any atom is 0.347 e. The Morgan fingerprint density at radius 3 is 2.80 bits per heavy atom. The van der Waals surface area contributed by atoms with Gasteiger partial charge in [-0.3, -0.25) is 0 Å². The Bertz CT molecular complexity index is 518. The highest BCUT2D eigenvalue weighted by molar-refractivity contribution is 7.22. The van der Waals surface area contributed by atoms with E-state index in [9.17, 15) is 4.79 Å². The number of thiazole rings is 1. The predicted octanol–water partition coefficient (Wildman–Crippen LogP) is 3.53. The minimum atomic E-state index is -0.932. The summed E-state index contributed by atoms with van der Waals surface area (Å²) in [5.74, 6) is -0.932. The predicted molar refractivity (Wildman–Crippen MR) is 62.1 cm³/mol. The molecule has 0 aliphatic heterocycles. The minimum Gasteiger partial charge on any atom is -0.477 e. The van der Waals surface area contributed by atoms with Crippen molar-refractivity contribution in [1.29, 1.82) is 0 Å². The van der Waals surface area contributed by atoms with Crippen molar-refractivity contribution in [3.63, 3.8) is 0 Å². The highest BCUT2D eigenvalue weighted by Gasteiger charge is 2.15. The first-order valence-corrected chi connectivity index (χ1v) is 6.10. The summed E-state index contributed by atoms with van der Waals surface area (Å²) in [4.78, 5) is 16.2. The lowest BCUT2D eigenvalue weighted by Crippen LogP contribution is -1.94. The molecule has 2 aromatic heterocycles. The number of hydrogen-bond acceptors (Lipinski definition) is 4. The maximum atomic E-state index is 10.8. The number of carbonyl (C=O) groups is 1. The largest absolute Gasteiger partial charge is 0.477 e. The number of carboxylic acids is 1. The summed E-state index contributed by atoms with van der Waals surface area (Å²) in [6.45, 7) is 1.69. The van der Waals surface area contributed by atoms with Gasteiger partial charge in [0.25, 0.3) is 0 Å². The summed E-state index contributed by atoms with van der Waals surface area (Å²) < 4.78 is 0. The standard InChI is InChI=1S/C9H6ClNO2S2/c1-4-7(9(12)13)15-8(11-4)6-2-5(10)3-14-6/h2-3H,1H3,(H,12,13). The summed E-state index contributed by atoms with van der Waals surface area (Å²) in [5.41, 5.74) is 0.548. The number of aryl methyl sites for hydroxylation is 1. The molecule has 2 rings (SSSR count). The Hall–Kier alpha value is -0.910. The van der Waals surface area contributed by atoms with Crippen molar-refractivity contribution >= 4 is 40.2 Å². The molecule has 0 bridgehead atoms. The molecule has 0 radical (unpaired) electrons. The van der Waals surface area contributed by atoms with E-state index in [0.717, 1.165) is 4.88 Å². The van der Waals surface area contributed by atoms with Crippen LogP contribution in [-0.4, -0.2) is 16.1 Å². The van der Waals surface area contributed by atoms with Crippen molar-refractivity contribution in [1.82, 2.24) is 4.98 Å². The second-order valence-corrected chi connectivity index (χ2v) is 5.21. The average Bonchev–Trinajstić information content (AvgIpc) is 2.71. The van der Waals surface area contributed by atoms with Gasteiger partial charge in [0.15, 0.2) is 0 Å². The third-order valence-corrected chi connectivity index (χ3v) is 4.36. The summed E-state index contributed by atoms with van der Waals surface area (Å²) in [6.07, 6.45) is 0. The van der Waals surface area contributed by atoms with Gasteiger partial charge in [0.05, 0.1) is 15.6 Å². The van der Waals surface area contributed by atoms with Gasteiger partial charge in [-0.1, -0.05) is 11.6 Å². The maximum absolute atomic E-state index is 10.8. The highest BCUT2D eigenvalue weighted by atomic mass is 35.5. The van der Waals surface area contributed by atoms with Crippen molar-refractivity contribution in [3.8, 4) is 9.88 Å². The molecular formula is C9H6ClNO2S2. The quantitative estimate of drug-likeness (QED) is 0.898. The number of nitrogens with zero attached hydrogens (tertiary/aromatic N) is 1. The Morgan fingerprint density at radius 1 is 1.60 bits per heavy atom. The van der Waals surface area contributed by atoms with Crippen molar-refractivity contribution < 1.29 is 9.90 Å². The van der Waals surface area contributed by atoms with E-state index >= 15 is 0 Å². The van der Waals surface area contributed by atoms with E-state index in [2.05, 4.69) is 4.98 Å². The van der Waals surface area contributed by atoms with Crippen molar-refractivity contribution in [2.75, 3.05) is 0 Å². The van der Waals surface area contributed by atoms with Gasteiger partial charge in [0, 0.05) is 5.38 Å². The van der Waals surface area contributed by atoms with Crippen LogP contribution in [0.15, 0.2) is 11.4 Å². The summed E-state index contributed by atoms with van der Waals surface area (Å²) >= 11 is 8.42. The summed E-state index contributed by atoms with van der Waals surface area (Å²) in [7, 11) is 0. The second kappa shape index (κ2) is 3.92. The number of hydrogen-bond donors (Lipinski definition) is 1. The number of aromatic carboxylic acids is 1. The monoisotopic (exact) mass is 259 g/mol. The number of aromatic nitrogens is 1. The molecule has 0 saturated heterocycles. The molecule has 0 fully saturated rings. The van der Waals surface area contributed by atoms with E-state index in [1.807, 2.05) is 0 Å². The van der Waals surface area contributed by atoms with Crippen LogP contribution < -0.4 is 0 Å². The van der Waals surface area contributed by atoms with Crippen LogP contribution in [0, 0.1) is 6.92 Å². The fourth-order valence-electron chi connectivity index (χ4n) is 1.13. The van der Waals surface area contributed by atoms with Crippen LogP contribution in [0.2, 0.25) is 5.02 Å². The fraction of sp³-hybridized carbons (Fsp3) is 0.111. The number of thiophene rings is 1. The summed E-state index contributed by atoms with van der Waals surface area (Å²) in [5, 5.41) is 12.0. The number of carboxylic acid groups (broad SMARTS) is 1. The fourth-order valence-corrected chi connectivity index (χ4v) is 3.17. The van der Waals surface area contributed by atoms with Gasteiger partial charge in [0.2, 0.25) is 0 Å². The van der Waals surface area contributed by atoms with Gasteiger partial charge in [-0.2, -0.15) is 0 Å². The van der Waals surface area contributed by atoms with E-state index in [1.165, 1.54) is 22.7 Å². The Labute approximate surface area is 99.0 Å². The molecule has 0 aliphatic carbocycles. The first kappa shape index (κ1) is 10.6. The van der Waals surface area contributed by atoms with E-state index in [1.54, 1.807) is 18.4 Å². The molecule has 0 spiro atoms. The lowest BCUT2D eigenvalue weighted by atomic mass is 10.4. The van der Waals surface area contributed by atoms with Crippen LogP contribution in [0.3, 0.4) is 0 Å². The van der Waals surface area contributed by atoms with Gasteiger partial charge in [0.1, 0.15) is 9.88 Å². The Kier molecular flexibility index (Phi) is 2.77. The van der Waals surface area contributed by atoms with Crippen LogP contribution in [-0.2, 0) is 0 Å². The lowest BCUT2D eigenvalue weighted by molar-refractivity contribution is 0.0701. The topological polar surface area (TPSA) is 50.2 Å². The van der Waals surface area contributed by atoms with Gasteiger partial charge >= 0.3 is 5.97 Å². The Balaban J connectivity index is 2.46. The second-order valence-electron chi connectivity index (χ2n) is 2.87. The molecule has 0 saturated carbocycles. The molecule has 0 aliphatic rings. The van der Waals surface area contributed by atoms with E-state index in [-0.39, 0.29) is 4.88 Å².